The predicted molar refractivity (Wildman–Crippen MR) is 62.2 cm³/mol. The summed E-state index contributed by atoms with van der Waals surface area (Å²) in [6, 6.07) is 6.77. The molecule has 0 aliphatic carbocycles. The number of benzene rings is 1. The molecule has 3 N–H and O–H groups in total. The first-order valence-electron chi connectivity index (χ1n) is 4.47. The number of nitrogen functional groups attached to an aromatic ring is 1. The molecule has 16 heavy (non-hydrogen) atoms. The summed E-state index contributed by atoms with van der Waals surface area (Å²) >= 11 is 3.33. The third kappa shape index (κ3) is 1.85. The molecule has 0 saturated heterocycles. The van der Waals surface area contributed by atoms with Gasteiger partial charge in [-0.25, -0.2) is 13.8 Å². The third-order valence-corrected chi connectivity index (χ3v) is 2.89. The molecule has 84 valence electrons. The lowest BCUT2D eigenvalue weighted by molar-refractivity contribution is 0.147. The second kappa shape index (κ2) is 4.31. The Hall–Kier alpha value is -1.27. The van der Waals surface area contributed by atoms with Gasteiger partial charge >= 0.3 is 0 Å². The molecule has 1 aromatic carbocycles. The van der Waals surface area contributed by atoms with Crippen LogP contribution in [-0.4, -0.2) is 4.98 Å². The lowest BCUT2D eigenvalue weighted by Crippen LogP contribution is -2.10. The summed E-state index contributed by atoms with van der Waals surface area (Å²) in [4.78, 5) is 3.88. The van der Waals surface area contributed by atoms with Gasteiger partial charge in [0.15, 0.2) is 0 Å². The second-order valence-electron chi connectivity index (χ2n) is 3.17. The number of nitrogens with zero attached hydrogens (tertiary/aromatic N) is 1. The molecule has 0 bridgehead atoms. The lowest BCUT2D eigenvalue weighted by atomic mass is 10.2. The Bertz CT molecular complexity index is 531. The summed E-state index contributed by atoms with van der Waals surface area (Å²) in [5, 5.41) is 0.736. The summed E-state index contributed by atoms with van der Waals surface area (Å²) < 4.78 is 26.1. The number of nitrogens with two attached hydrogens (primary N) is 1. The molecule has 0 spiro atoms. The summed E-state index contributed by atoms with van der Waals surface area (Å²) in [7, 11) is 0. The van der Waals surface area contributed by atoms with Crippen molar-refractivity contribution in [2.75, 3.05) is 5.43 Å². The SMILES string of the molecule is NNc1cc2c(Br)cccc2nc1C(F)F. The molecule has 0 radical (unpaired) electrons. The molecule has 0 unspecified atom stereocenters. The number of nitrogens with one attached hydrogen (secondary N) is 1. The van der Waals surface area contributed by atoms with Gasteiger partial charge in [0.25, 0.3) is 6.43 Å². The minimum atomic E-state index is -2.66. The van der Waals surface area contributed by atoms with Crippen LogP contribution < -0.4 is 11.3 Å². The number of hydrogen-bond donors (Lipinski definition) is 2. The number of halogens is 3. The first kappa shape index (κ1) is 11.2. The van der Waals surface area contributed by atoms with Gasteiger partial charge in [-0.1, -0.05) is 22.0 Å². The Morgan fingerprint density at radius 3 is 2.75 bits per heavy atom. The van der Waals surface area contributed by atoms with E-state index < -0.39 is 6.43 Å². The number of hydrazine groups is 1. The molecule has 1 heterocycles. The van der Waals surface area contributed by atoms with Crippen LogP contribution in [0.2, 0.25) is 0 Å². The van der Waals surface area contributed by atoms with E-state index in [1.54, 1.807) is 18.2 Å². The molecule has 0 aliphatic heterocycles. The molecule has 6 heteroatoms. The van der Waals surface area contributed by atoms with Gasteiger partial charge in [0.1, 0.15) is 5.69 Å². The lowest BCUT2D eigenvalue weighted by Gasteiger charge is -2.09. The van der Waals surface area contributed by atoms with Crippen LogP contribution >= 0.6 is 15.9 Å². The number of alkyl halides is 2. The zero-order valence-corrected chi connectivity index (χ0v) is 9.63. The van der Waals surface area contributed by atoms with E-state index in [1.807, 2.05) is 6.07 Å². The van der Waals surface area contributed by atoms with Crippen LogP contribution in [0.25, 0.3) is 10.9 Å². The van der Waals surface area contributed by atoms with E-state index in [1.165, 1.54) is 0 Å². The predicted octanol–water partition coefficient (Wildman–Crippen LogP) is 3.22. The van der Waals surface area contributed by atoms with Gasteiger partial charge in [-0.05, 0) is 18.2 Å². The Balaban J connectivity index is 2.75. The van der Waals surface area contributed by atoms with Crippen LogP contribution in [0.1, 0.15) is 12.1 Å². The zero-order chi connectivity index (χ0) is 11.7. The second-order valence-corrected chi connectivity index (χ2v) is 4.03. The van der Waals surface area contributed by atoms with Crippen LogP contribution in [0.3, 0.4) is 0 Å². The van der Waals surface area contributed by atoms with Crippen molar-refractivity contribution >= 4 is 32.5 Å². The van der Waals surface area contributed by atoms with E-state index in [0.717, 1.165) is 9.86 Å². The Kier molecular flexibility index (Phi) is 3.02. The fourth-order valence-electron chi connectivity index (χ4n) is 1.46. The van der Waals surface area contributed by atoms with Crippen LogP contribution in [0, 0.1) is 0 Å². The molecule has 3 nitrogen and oxygen atoms in total. The standard InChI is InChI=1S/C10H8BrF2N3/c11-6-2-1-3-7-5(6)4-8(16-14)9(15-7)10(12)13/h1-4,10,16H,14H2. The number of fused-ring (bicyclic) bond motifs is 1. The molecule has 0 saturated carbocycles. The molecule has 0 aliphatic rings. The number of aromatic nitrogens is 1. The van der Waals surface area contributed by atoms with Gasteiger partial charge in [-0.3, -0.25) is 5.84 Å². The van der Waals surface area contributed by atoms with Crippen LogP contribution in [0.5, 0.6) is 0 Å². The molecule has 2 rings (SSSR count). The fourth-order valence-corrected chi connectivity index (χ4v) is 1.93. The van der Waals surface area contributed by atoms with Crippen LogP contribution in [-0.2, 0) is 0 Å². The first-order chi connectivity index (χ1) is 7.63. The minimum Gasteiger partial charge on any atom is -0.322 e. The third-order valence-electron chi connectivity index (χ3n) is 2.20. The molecule has 0 amide bonds. The quantitative estimate of drug-likeness (QED) is 0.659. The maximum atomic E-state index is 12.7. The average Bonchev–Trinajstić information content (AvgIpc) is 2.28. The van der Waals surface area contributed by atoms with E-state index in [4.69, 9.17) is 5.84 Å². The number of rotatable bonds is 2. The maximum absolute atomic E-state index is 12.7. The number of anilines is 1. The van der Waals surface area contributed by atoms with E-state index in [-0.39, 0.29) is 11.4 Å². The van der Waals surface area contributed by atoms with Crippen molar-refractivity contribution in [1.82, 2.24) is 4.98 Å². The van der Waals surface area contributed by atoms with Gasteiger partial charge in [0.05, 0.1) is 11.2 Å². The van der Waals surface area contributed by atoms with Crippen molar-refractivity contribution in [3.05, 3.63) is 34.4 Å². The highest BCUT2D eigenvalue weighted by molar-refractivity contribution is 9.10. The van der Waals surface area contributed by atoms with Gasteiger partial charge in [-0.2, -0.15) is 0 Å². The Morgan fingerprint density at radius 2 is 2.12 bits per heavy atom. The molecular weight excluding hydrogens is 280 g/mol. The molecule has 0 atom stereocenters. The minimum absolute atomic E-state index is 0.134. The van der Waals surface area contributed by atoms with Crippen molar-refractivity contribution in [2.45, 2.75) is 6.43 Å². The highest BCUT2D eigenvalue weighted by Crippen LogP contribution is 2.31. The van der Waals surface area contributed by atoms with Crippen molar-refractivity contribution < 1.29 is 8.78 Å². The van der Waals surface area contributed by atoms with Crippen molar-refractivity contribution in [3.8, 4) is 0 Å². The van der Waals surface area contributed by atoms with Gasteiger partial charge < -0.3 is 5.43 Å². The number of pyridine rings is 1. The molecule has 1 aromatic heterocycles. The smallest absolute Gasteiger partial charge is 0.282 e. The molecular formula is C10H8BrF2N3. The Labute approximate surface area is 98.8 Å². The fraction of sp³-hybridized carbons (Fsp3) is 0.100. The highest BCUT2D eigenvalue weighted by atomic mass is 79.9. The summed E-state index contributed by atoms with van der Waals surface area (Å²) in [6.45, 7) is 0. The van der Waals surface area contributed by atoms with E-state index >= 15 is 0 Å². The number of hydrogen-bond acceptors (Lipinski definition) is 3. The maximum Gasteiger partial charge on any atom is 0.282 e. The van der Waals surface area contributed by atoms with E-state index in [9.17, 15) is 8.78 Å². The van der Waals surface area contributed by atoms with Gasteiger partial charge in [0.2, 0.25) is 0 Å². The first-order valence-corrected chi connectivity index (χ1v) is 5.26. The van der Waals surface area contributed by atoms with Gasteiger partial charge in [-0.15, -0.1) is 0 Å². The normalized spacial score (nSPS) is 11.1. The average molecular weight is 288 g/mol. The van der Waals surface area contributed by atoms with Crippen molar-refractivity contribution in [2.24, 2.45) is 5.84 Å². The van der Waals surface area contributed by atoms with Crippen molar-refractivity contribution in [3.63, 3.8) is 0 Å². The van der Waals surface area contributed by atoms with Gasteiger partial charge in [0, 0.05) is 9.86 Å². The summed E-state index contributed by atoms with van der Waals surface area (Å²) in [6.07, 6.45) is -2.66. The van der Waals surface area contributed by atoms with Crippen LogP contribution in [0.4, 0.5) is 14.5 Å². The van der Waals surface area contributed by atoms with E-state index in [0.29, 0.717) is 5.52 Å². The molecule has 0 fully saturated rings. The Morgan fingerprint density at radius 1 is 1.38 bits per heavy atom. The molecule has 2 aromatic rings. The topological polar surface area (TPSA) is 50.9 Å². The monoisotopic (exact) mass is 287 g/mol. The summed E-state index contributed by atoms with van der Waals surface area (Å²) in [5.41, 5.74) is 2.53. The van der Waals surface area contributed by atoms with E-state index in [2.05, 4.69) is 26.3 Å². The van der Waals surface area contributed by atoms with Crippen molar-refractivity contribution in [1.29, 1.82) is 0 Å². The van der Waals surface area contributed by atoms with Crippen LogP contribution in [0.15, 0.2) is 28.7 Å². The zero-order valence-electron chi connectivity index (χ0n) is 8.05. The highest BCUT2D eigenvalue weighted by Gasteiger charge is 2.16. The largest absolute Gasteiger partial charge is 0.322 e. The summed E-state index contributed by atoms with van der Waals surface area (Å²) in [5.74, 6) is 5.19.